The van der Waals surface area contributed by atoms with E-state index in [-0.39, 0.29) is 18.1 Å². The first-order valence-electron chi connectivity index (χ1n) is 11.0. The van der Waals surface area contributed by atoms with E-state index in [4.69, 9.17) is 0 Å². The summed E-state index contributed by atoms with van der Waals surface area (Å²) in [5, 5.41) is 3.46. The van der Waals surface area contributed by atoms with Crippen molar-refractivity contribution in [1.29, 1.82) is 0 Å². The number of nitrogens with one attached hydrogen (secondary N) is 1. The summed E-state index contributed by atoms with van der Waals surface area (Å²) in [6.45, 7) is 6.46. The predicted molar refractivity (Wildman–Crippen MR) is 118 cm³/mol. The Morgan fingerprint density at radius 1 is 1.22 bits per heavy atom. The van der Waals surface area contributed by atoms with Gasteiger partial charge in [0.25, 0.3) is 5.91 Å². The Hall–Kier alpha value is -2.20. The molecule has 0 bridgehead atoms. The number of nitrogens with zero attached hydrogens (tertiary/aromatic N) is 4. The van der Waals surface area contributed by atoms with Gasteiger partial charge < -0.3 is 10.2 Å². The number of likely N-dealkylation sites (tertiary alicyclic amines) is 1. The number of piperidine rings is 2. The maximum Gasteiger partial charge on any atom is 0.416 e. The van der Waals surface area contributed by atoms with Crippen molar-refractivity contribution >= 4 is 22.4 Å². The lowest BCUT2D eigenvalue weighted by atomic mass is 9.95. The lowest BCUT2D eigenvalue weighted by molar-refractivity contribution is -0.137. The third kappa shape index (κ3) is 5.58. The molecule has 6 nitrogen and oxygen atoms in total. The summed E-state index contributed by atoms with van der Waals surface area (Å²) in [6, 6.07) is 2.48. The van der Waals surface area contributed by atoms with Crippen LogP contribution in [0.5, 0.6) is 0 Å². The highest BCUT2D eigenvalue weighted by Gasteiger charge is 2.31. The number of rotatable bonds is 5. The number of thiazole rings is 1. The van der Waals surface area contributed by atoms with Crippen molar-refractivity contribution in [2.24, 2.45) is 5.92 Å². The number of hydrogen-bond donors (Lipinski definition) is 1. The van der Waals surface area contributed by atoms with E-state index in [1.54, 1.807) is 0 Å². The van der Waals surface area contributed by atoms with E-state index in [0.29, 0.717) is 10.9 Å². The number of anilines is 1. The van der Waals surface area contributed by atoms with Gasteiger partial charge in [0, 0.05) is 31.9 Å². The van der Waals surface area contributed by atoms with Crippen LogP contribution in [0.2, 0.25) is 0 Å². The molecule has 32 heavy (non-hydrogen) atoms. The minimum Gasteiger partial charge on any atom is -0.348 e. The van der Waals surface area contributed by atoms with Gasteiger partial charge in [-0.2, -0.15) is 13.2 Å². The van der Waals surface area contributed by atoms with Gasteiger partial charge in [-0.3, -0.25) is 14.7 Å². The molecule has 1 N–H and O–H groups in total. The first kappa shape index (κ1) is 23.0. The van der Waals surface area contributed by atoms with Crippen LogP contribution in [0.4, 0.5) is 18.3 Å². The molecule has 0 spiro atoms. The van der Waals surface area contributed by atoms with Crippen LogP contribution in [-0.2, 0) is 12.7 Å². The molecule has 1 amide bonds. The topological polar surface area (TPSA) is 61.4 Å². The quantitative estimate of drug-likeness (QED) is 0.715. The summed E-state index contributed by atoms with van der Waals surface area (Å²) in [7, 11) is 0. The molecule has 2 fully saturated rings. The van der Waals surface area contributed by atoms with Crippen LogP contribution >= 0.6 is 11.3 Å². The number of alkyl halides is 3. The fourth-order valence-electron chi connectivity index (χ4n) is 4.50. The summed E-state index contributed by atoms with van der Waals surface area (Å²) in [5.41, 5.74) is -0.619. The molecule has 0 aliphatic carbocycles. The summed E-state index contributed by atoms with van der Waals surface area (Å²) in [5.74, 6) is 0.415. The highest BCUT2D eigenvalue weighted by atomic mass is 32.1. The molecule has 0 unspecified atom stereocenters. The van der Waals surface area contributed by atoms with E-state index in [1.807, 2.05) is 0 Å². The van der Waals surface area contributed by atoms with Crippen LogP contribution in [0.15, 0.2) is 24.5 Å². The number of aromatic nitrogens is 2. The molecule has 4 rings (SSSR count). The largest absolute Gasteiger partial charge is 0.416 e. The van der Waals surface area contributed by atoms with E-state index >= 15 is 0 Å². The monoisotopic (exact) mass is 467 g/mol. The maximum absolute atomic E-state index is 12.8. The highest BCUT2D eigenvalue weighted by Crippen LogP contribution is 2.30. The van der Waals surface area contributed by atoms with Crippen molar-refractivity contribution < 1.29 is 18.0 Å². The first-order chi connectivity index (χ1) is 15.3. The van der Waals surface area contributed by atoms with E-state index in [9.17, 15) is 18.0 Å². The van der Waals surface area contributed by atoms with Crippen LogP contribution in [-0.4, -0.2) is 53.0 Å². The van der Waals surface area contributed by atoms with Gasteiger partial charge >= 0.3 is 6.18 Å². The third-order valence-corrected chi connectivity index (χ3v) is 7.29. The Kier molecular flexibility index (Phi) is 6.99. The molecule has 1 atom stereocenters. The number of carbonyl (C=O) groups excluding carboxylic acids is 1. The van der Waals surface area contributed by atoms with Gasteiger partial charge in [0.2, 0.25) is 0 Å². The first-order valence-corrected chi connectivity index (χ1v) is 11.9. The van der Waals surface area contributed by atoms with E-state index in [2.05, 4.69) is 32.0 Å². The maximum atomic E-state index is 12.8. The highest BCUT2D eigenvalue weighted by molar-refractivity contribution is 7.17. The SMILES string of the molecule is C[C@@H]1CCCN(C2CCN(c3ncc(C(=O)NCc4cc(C(F)(F)F)ccn4)s3)CC2)C1. The Bertz CT molecular complexity index is 926. The number of pyridine rings is 1. The fraction of sp³-hybridized carbons (Fsp3) is 0.591. The molecule has 2 aliphatic heterocycles. The Labute approximate surface area is 189 Å². The lowest BCUT2D eigenvalue weighted by Gasteiger charge is -2.41. The zero-order valence-corrected chi connectivity index (χ0v) is 18.9. The van der Waals surface area contributed by atoms with Crippen molar-refractivity contribution in [2.45, 2.75) is 51.4 Å². The normalized spacial score (nSPS) is 21.0. The molecule has 2 saturated heterocycles. The zero-order valence-electron chi connectivity index (χ0n) is 18.1. The molecule has 2 aliphatic rings. The standard InChI is InChI=1S/C22H28F3N5OS/c1-15-3-2-8-30(14-15)18-5-9-29(10-6-18)21-28-13-19(32-21)20(31)27-12-17-11-16(4-7-26-17)22(23,24)25/h4,7,11,13,15,18H,2-3,5-6,8-10,12,14H2,1H3,(H,27,31)/t15-/m1/s1. The Balaban J connectivity index is 1.29. The number of carbonyl (C=O) groups is 1. The van der Waals surface area contributed by atoms with E-state index in [1.165, 1.54) is 43.5 Å². The molecule has 10 heteroatoms. The van der Waals surface area contributed by atoms with Crippen molar-refractivity contribution in [1.82, 2.24) is 20.2 Å². The van der Waals surface area contributed by atoms with Gasteiger partial charge in [-0.15, -0.1) is 0 Å². The lowest BCUT2D eigenvalue weighted by Crippen LogP contribution is -2.48. The second kappa shape index (κ2) is 9.74. The molecular formula is C22H28F3N5OS. The fourth-order valence-corrected chi connectivity index (χ4v) is 5.39. The van der Waals surface area contributed by atoms with Crippen LogP contribution in [0.1, 0.15) is 53.5 Å². The van der Waals surface area contributed by atoms with E-state index < -0.39 is 11.7 Å². The number of hydrogen-bond acceptors (Lipinski definition) is 6. The average Bonchev–Trinajstić information content (AvgIpc) is 3.28. The molecule has 4 heterocycles. The molecule has 0 aromatic carbocycles. The van der Waals surface area contributed by atoms with Crippen molar-refractivity contribution in [3.63, 3.8) is 0 Å². The van der Waals surface area contributed by atoms with Crippen LogP contribution < -0.4 is 10.2 Å². The van der Waals surface area contributed by atoms with Gasteiger partial charge in [-0.25, -0.2) is 4.98 Å². The van der Waals surface area contributed by atoms with Crippen LogP contribution in [0.25, 0.3) is 0 Å². The van der Waals surface area contributed by atoms with E-state index in [0.717, 1.165) is 55.3 Å². The van der Waals surface area contributed by atoms with Gasteiger partial charge in [-0.1, -0.05) is 18.3 Å². The summed E-state index contributed by atoms with van der Waals surface area (Å²) in [4.78, 5) is 26.1. The molecule has 0 radical (unpaired) electrons. The van der Waals surface area contributed by atoms with Crippen LogP contribution in [0.3, 0.4) is 0 Å². The summed E-state index contributed by atoms with van der Waals surface area (Å²) >= 11 is 1.32. The zero-order chi connectivity index (χ0) is 22.7. The third-order valence-electron chi connectivity index (χ3n) is 6.23. The Morgan fingerprint density at radius 3 is 2.72 bits per heavy atom. The molecular weight excluding hydrogens is 439 g/mol. The molecule has 2 aromatic heterocycles. The molecule has 2 aromatic rings. The number of halogens is 3. The average molecular weight is 468 g/mol. The van der Waals surface area contributed by atoms with Gasteiger partial charge in [0.1, 0.15) is 4.88 Å². The molecule has 0 saturated carbocycles. The number of amides is 1. The summed E-state index contributed by atoms with van der Waals surface area (Å²) < 4.78 is 38.5. The van der Waals surface area contributed by atoms with Crippen molar-refractivity contribution in [3.8, 4) is 0 Å². The second-order valence-corrected chi connectivity index (χ2v) is 9.69. The van der Waals surface area contributed by atoms with Gasteiger partial charge in [0.05, 0.1) is 24.0 Å². The second-order valence-electron chi connectivity index (χ2n) is 8.68. The Morgan fingerprint density at radius 2 is 2.00 bits per heavy atom. The predicted octanol–water partition coefficient (Wildman–Crippen LogP) is 4.19. The minimum absolute atomic E-state index is 0.0738. The molecule has 174 valence electrons. The van der Waals surface area contributed by atoms with Gasteiger partial charge in [0.15, 0.2) is 5.13 Å². The summed E-state index contributed by atoms with van der Waals surface area (Å²) in [6.07, 6.45) is 2.99. The van der Waals surface area contributed by atoms with Crippen molar-refractivity contribution in [3.05, 3.63) is 40.7 Å². The van der Waals surface area contributed by atoms with Crippen molar-refractivity contribution in [2.75, 3.05) is 31.1 Å². The minimum atomic E-state index is -4.44. The van der Waals surface area contributed by atoms with Crippen LogP contribution in [0, 0.1) is 5.92 Å². The smallest absolute Gasteiger partial charge is 0.348 e. The van der Waals surface area contributed by atoms with Gasteiger partial charge in [-0.05, 0) is 50.3 Å².